The number of amides is 6. The molecule has 0 bridgehead atoms. The first-order valence-corrected chi connectivity index (χ1v) is 15.2. The van der Waals surface area contributed by atoms with Crippen LogP contribution in [0.1, 0.15) is 40.5 Å². The van der Waals surface area contributed by atoms with Gasteiger partial charge in [-0.25, -0.2) is 14.4 Å². The summed E-state index contributed by atoms with van der Waals surface area (Å²) in [5.41, 5.74) is 7.48. The lowest BCUT2D eigenvalue weighted by Crippen LogP contribution is -2.31. The number of carbonyl (C=O) groups excluding carboxylic acids is 3. The number of anilines is 2. The highest BCUT2D eigenvalue weighted by Gasteiger charge is 2.01. The first-order chi connectivity index (χ1) is 22.1. The van der Waals surface area contributed by atoms with E-state index in [9.17, 15) is 14.4 Å². The van der Waals surface area contributed by atoms with Gasteiger partial charge in [-0.2, -0.15) is 0 Å². The molecule has 6 amide bonds. The number of unbranched alkanes of at least 4 members (excludes halogenated alkanes) is 1. The molecule has 0 unspecified atom stereocenters. The smallest absolute Gasteiger partial charge is 0.318 e. The van der Waals surface area contributed by atoms with E-state index in [2.05, 4.69) is 64.7 Å². The van der Waals surface area contributed by atoms with Crippen LogP contribution in [-0.4, -0.2) is 32.2 Å². The second-order valence-electron chi connectivity index (χ2n) is 10.2. The molecule has 242 valence electrons. The lowest BCUT2D eigenvalue weighted by Gasteiger charge is -2.05. The average molecular weight is 623 g/mol. The van der Waals surface area contributed by atoms with Crippen LogP contribution < -0.4 is 32.3 Å². The molecule has 0 saturated carbocycles. The molecule has 0 spiro atoms. The lowest BCUT2D eigenvalue weighted by molar-refractivity contribution is 0.245. The van der Waals surface area contributed by atoms with Crippen LogP contribution in [0, 0.1) is 0 Å². The van der Waals surface area contributed by atoms with Crippen molar-refractivity contribution in [1.82, 2.24) is 16.0 Å². The highest BCUT2D eigenvalue weighted by atomic mass is 16.2. The van der Waals surface area contributed by atoms with Gasteiger partial charge in [0.2, 0.25) is 0 Å². The molecule has 0 aliphatic carbocycles. The Balaban J connectivity index is 0.000000238. The number of primary amides is 1. The minimum Gasteiger partial charge on any atom is -0.351 e. The Morgan fingerprint density at radius 2 is 1.04 bits per heavy atom. The molecule has 5 rings (SSSR count). The fraction of sp³-hybridized carbons (Fsp3) is 0.216. The summed E-state index contributed by atoms with van der Waals surface area (Å²) in [4.78, 5) is 32.4. The summed E-state index contributed by atoms with van der Waals surface area (Å²) in [6.07, 6.45) is 4.47. The molecular weight excluding hydrogens is 576 g/mol. The van der Waals surface area contributed by atoms with Gasteiger partial charge in [0.05, 0.1) is 0 Å². The van der Waals surface area contributed by atoms with Crippen molar-refractivity contribution in [3.05, 3.63) is 109 Å². The van der Waals surface area contributed by atoms with E-state index in [0.717, 1.165) is 27.5 Å². The third-order valence-electron chi connectivity index (χ3n) is 6.68. The summed E-state index contributed by atoms with van der Waals surface area (Å²) in [6, 6.07) is 31.1. The zero-order valence-electron chi connectivity index (χ0n) is 27.5. The number of hydrogen-bond donors (Lipinski definition) is 6. The molecule has 7 N–H and O–H groups in total. The molecule has 0 atom stereocenters. The van der Waals surface area contributed by atoms with Crippen molar-refractivity contribution < 1.29 is 14.4 Å². The van der Waals surface area contributed by atoms with E-state index >= 15 is 0 Å². The van der Waals surface area contributed by atoms with Crippen molar-refractivity contribution in [2.45, 2.75) is 40.5 Å². The fourth-order valence-electron chi connectivity index (χ4n) is 3.93. The van der Waals surface area contributed by atoms with Crippen LogP contribution in [0.4, 0.5) is 25.8 Å². The predicted octanol–water partition coefficient (Wildman–Crippen LogP) is 8.72. The van der Waals surface area contributed by atoms with E-state index in [1.165, 1.54) is 29.0 Å². The standard InChI is InChI=1S/C15H12N2O.C12H12N2O.C6H12N2O.C4H10/c16-15(18)17-14-6-5-12-7-10-3-1-2-4-11(10)8-13(12)9-14;1-13-12(15)14-11-7-6-9-4-2-3-5-10(9)8-11;1-4-5(2)8-6(9)7-3;1-3-4-2/h1-9H,(H3,16,17,18);2-8H,1H3,(H2,13,14,15);4H,1-3H3,(H2,7,8,9);3-4H2,1-2H3/b;;5-4+;. The number of nitrogens with two attached hydrogens (primary N) is 1. The van der Waals surface area contributed by atoms with Crippen molar-refractivity contribution in [3.63, 3.8) is 0 Å². The molecule has 0 saturated heterocycles. The zero-order valence-corrected chi connectivity index (χ0v) is 27.5. The van der Waals surface area contributed by atoms with Crippen molar-refractivity contribution in [2.24, 2.45) is 5.73 Å². The van der Waals surface area contributed by atoms with Gasteiger partial charge in [0.25, 0.3) is 0 Å². The van der Waals surface area contributed by atoms with Gasteiger partial charge in [-0.05, 0) is 82.6 Å². The fourth-order valence-corrected chi connectivity index (χ4v) is 3.93. The highest BCUT2D eigenvalue weighted by molar-refractivity contribution is 6.00. The number of hydrogen-bond acceptors (Lipinski definition) is 3. The predicted molar refractivity (Wildman–Crippen MR) is 194 cm³/mol. The molecule has 0 aliphatic heterocycles. The molecule has 9 nitrogen and oxygen atoms in total. The summed E-state index contributed by atoms with van der Waals surface area (Å²) in [5, 5.41) is 19.8. The molecule has 0 aromatic heterocycles. The molecule has 0 fully saturated rings. The van der Waals surface area contributed by atoms with Crippen LogP contribution in [0.3, 0.4) is 0 Å². The minimum atomic E-state index is -0.546. The quantitative estimate of drug-likeness (QED) is 0.112. The van der Waals surface area contributed by atoms with Gasteiger partial charge in [0.1, 0.15) is 0 Å². The molecule has 0 aliphatic rings. The van der Waals surface area contributed by atoms with Gasteiger partial charge in [0, 0.05) is 31.2 Å². The first-order valence-electron chi connectivity index (χ1n) is 15.2. The van der Waals surface area contributed by atoms with E-state index in [4.69, 9.17) is 5.73 Å². The Kier molecular flexibility index (Phi) is 15.6. The van der Waals surface area contributed by atoms with E-state index in [-0.39, 0.29) is 12.1 Å². The number of urea groups is 3. The summed E-state index contributed by atoms with van der Waals surface area (Å²) in [6.45, 7) is 8.06. The Hall–Kier alpha value is -5.57. The molecule has 0 radical (unpaired) electrons. The van der Waals surface area contributed by atoms with Crippen LogP contribution in [0.5, 0.6) is 0 Å². The van der Waals surface area contributed by atoms with Crippen molar-refractivity contribution >= 4 is 61.8 Å². The molecule has 5 aromatic rings. The third-order valence-corrected chi connectivity index (χ3v) is 6.68. The average Bonchev–Trinajstić information content (AvgIpc) is 3.07. The van der Waals surface area contributed by atoms with E-state index in [1.807, 2.05) is 92.7 Å². The molecule has 9 heteroatoms. The van der Waals surface area contributed by atoms with Crippen molar-refractivity contribution in [3.8, 4) is 0 Å². The van der Waals surface area contributed by atoms with Crippen LogP contribution in [0.15, 0.2) is 109 Å². The van der Waals surface area contributed by atoms with Gasteiger partial charge in [0.15, 0.2) is 0 Å². The second-order valence-corrected chi connectivity index (χ2v) is 10.2. The normalized spacial score (nSPS) is 10.2. The van der Waals surface area contributed by atoms with Gasteiger partial charge in [-0.15, -0.1) is 0 Å². The van der Waals surface area contributed by atoms with Gasteiger partial charge in [-0.3, -0.25) is 0 Å². The number of benzene rings is 5. The Morgan fingerprint density at radius 3 is 1.54 bits per heavy atom. The largest absolute Gasteiger partial charge is 0.351 e. The first kappa shape index (κ1) is 36.6. The van der Waals surface area contributed by atoms with Crippen molar-refractivity contribution in [2.75, 3.05) is 24.7 Å². The number of nitrogens with one attached hydrogen (secondary N) is 5. The minimum absolute atomic E-state index is 0.175. The molecule has 0 heterocycles. The maximum absolute atomic E-state index is 11.1. The number of allylic oxidation sites excluding steroid dienone is 2. The van der Waals surface area contributed by atoms with E-state index < -0.39 is 6.03 Å². The lowest BCUT2D eigenvalue weighted by atomic mass is 10.0. The van der Waals surface area contributed by atoms with Crippen molar-refractivity contribution in [1.29, 1.82) is 0 Å². The topological polar surface area (TPSA) is 137 Å². The highest BCUT2D eigenvalue weighted by Crippen LogP contribution is 2.25. The summed E-state index contributed by atoms with van der Waals surface area (Å²) >= 11 is 0. The van der Waals surface area contributed by atoms with Crippen LogP contribution in [-0.2, 0) is 0 Å². The summed E-state index contributed by atoms with van der Waals surface area (Å²) in [7, 11) is 3.18. The summed E-state index contributed by atoms with van der Waals surface area (Å²) < 4.78 is 0. The number of rotatable bonds is 4. The molecular formula is C37H46N6O3. The zero-order chi connectivity index (χ0) is 33.9. The monoisotopic (exact) mass is 622 g/mol. The van der Waals surface area contributed by atoms with Crippen LogP contribution in [0.2, 0.25) is 0 Å². The molecule has 46 heavy (non-hydrogen) atoms. The van der Waals surface area contributed by atoms with E-state index in [0.29, 0.717) is 5.69 Å². The maximum atomic E-state index is 11.1. The van der Waals surface area contributed by atoms with Crippen LogP contribution in [0.25, 0.3) is 32.3 Å². The Bertz CT molecular complexity index is 1770. The molecule has 5 aromatic carbocycles. The number of carbonyl (C=O) groups is 3. The Labute approximate surface area is 271 Å². The van der Waals surface area contributed by atoms with Gasteiger partial charge >= 0.3 is 18.1 Å². The maximum Gasteiger partial charge on any atom is 0.318 e. The third kappa shape index (κ3) is 12.6. The number of fused-ring (bicyclic) bond motifs is 3. The summed E-state index contributed by atoms with van der Waals surface area (Å²) in [5.74, 6) is 0. The van der Waals surface area contributed by atoms with E-state index in [1.54, 1.807) is 14.1 Å². The Morgan fingerprint density at radius 1 is 0.609 bits per heavy atom. The van der Waals surface area contributed by atoms with Gasteiger partial charge in [-0.1, -0.05) is 93.4 Å². The van der Waals surface area contributed by atoms with Crippen LogP contribution >= 0.6 is 0 Å². The van der Waals surface area contributed by atoms with Gasteiger partial charge < -0.3 is 32.3 Å². The second kappa shape index (κ2) is 19.7. The SMILES string of the molecule is C/C=C(\C)NC(=O)NC.CCCC.CNC(=O)Nc1ccc2ccccc2c1.NC(=O)Nc1ccc2cc3ccccc3cc2c1.